The van der Waals surface area contributed by atoms with Gasteiger partial charge in [0.15, 0.2) is 6.10 Å². The summed E-state index contributed by atoms with van der Waals surface area (Å²) >= 11 is 0. The summed E-state index contributed by atoms with van der Waals surface area (Å²) in [5.74, 6) is -0.231. The second kappa shape index (κ2) is 3.36. The second-order valence-electron chi connectivity index (χ2n) is 6.87. The minimum absolute atomic E-state index is 0.0260. The molecule has 4 aliphatic rings. The van der Waals surface area contributed by atoms with Gasteiger partial charge in [0.25, 0.3) is 0 Å². The van der Waals surface area contributed by atoms with Crippen LogP contribution in [0.1, 0.15) is 39.0 Å². The molecule has 0 heterocycles. The molecular weight excluding hydrogens is 232 g/mol. The van der Waals surface area contributed by atoms with E-state index in [0.29, 0.717) is 31.6 Å². The lowest BCUT2D eigenvalue weighted by Gasteiger charge is -2.65. The lowest BCUT2D eigenvalue weighted by atomic mass is 9.45. The van der Waals surface area contributed by atoms with Crippen LogP contribution in [0.5, 0.6) is 0 Å². The van der Waals surface area contributed by atoms with Crippen molar-refractivity contribution in [2.24, 2.45) is 11.3 Å². The number of hydrogen-bond donors (Lipinski definition) is 2. The molecule has 4 saturated carbocycles. The van der Waals surface area contributed by atoms with Crippen molar-refractivity contribution in [1.82, 2.24) is 0 Å². The van der Waals surface area contributed by atoms with Gasteiger partial charge < -0.3 is 14.9 Å². The van der Waals surface area contributed by atoms with E-state index in [2.05, 4.69) is 13.5 Å². The smallest absolute Gasteiger partial charge is 0.330 e. The van der Waals surface area contributed by atoms with Crippen molar-refractivity contribution in [2.45, 2.75) is 56.3 Å². The maximum atomic E-state index is 11.4. The van der Waals surface area contributed by atoms with Crippen molar-refractivity contribution in [3.8, 4) is 0 Å². The summed E-state index contributed by atoms with van der Waals surface area (Å²) in [6, 6.07) is 0. The number of aliphatic hydroxyl groups is 2. The molecule has 18 heavy (non-hydrogen) atoms. The Hall–Kier alpha value is -0.870. The maximum absolute atomic E-state index is 11.4. The summed E-state index contributed by atoms with van der Waals surface area (Å²) in [7, 11) is 0. The highest BCUT2D eigenvalue weighted by molar-refractivity contribution is 5.81. The molecule has 4 heteroatoms. The average Bonchev–Trinajstić information content (AvgIpc) is 2.19. The van der Waals surface area contributed by atoms with Gasteiger partial charge in [0.05, 0.1) is 0 Å². The van der Waals surface area contributed by atoms with Crippen LogP contribution in [0.2, 0.25) is 0 Å². The Balaban J connectivity index is 1.96. The second-order valence-corrected chi connectivity index (χ2v) is 6.87. The fraction of sp³-hybridized carbons (Fsp3) is 0.786. The van der Waals surface area contributed by atoms with Gasteiger partial charge in [-0.05, 0) is 43.4 Å². The van der Waals surface area contributed by atoms with Crippen LogP contribution in [-0.2, 0) is 9.53 Å². The summed E-state index contributed by atoms with van der Waals surface area (Å²) in [4.78, 5) is 11.4. The monoisotopic (exact) mass is 252 g/mol. The largest absolute Gasteiger partial charge is 0.453 e. The van der Waals surface area contributed by atoms with Crippen LogP contribution in [0.15, 0.2) is 12.7 Å². The van der Waals surface area contributed by atoms with Crippen molar-refractivity contribution >= 4 is 5.97 Å². The normalized spacial score (nSPS) is 53.3. The molecule has 4 aliphatic carbocycles. The predicted molar refractivity (Wildman–Crippen MR) is 64.7 cm³/mol. The highest BCUT2D eigenvalue weighted by Crippen LogP contribution is 2.63. The Kier molecular flexibility index (Phi) is 2.28. The van der Waals surface area contributed by atoms with E-state index >= 15 is 0 Å². The van der Waals surface area contributed by atoms with Gasteiger partial charge in [-0.3, -0.25) is 0 Å². The highest BCUT2D eigenvalue weighted by Gasteiger charge is 2.68. The van der Waals surface area contributed by atoms with Gasteiger partial charge in [0.2, 0.25) is 0 Å². The molecule has 2 unspecified atom stereocenters. The van der Waals surface area contributed by atoms with E-state index in [9.17, 15) is 15.0 Å². The Bertz CT molecular complexity index is 396. The molecule has 0 aliphatic heterocycles. The first-order valence-electron chi connectivity index (χ1n) is 6.57. The summed E-state index contributed by atoms with van der Waals surface area (Å²) in [6.45, 7) is 5.48. The number of esters is 1. The van der Waals surface area contributed by atoms with Gasteiger partial charge in [-0.1, -0.05) is 13.5 Å². The Morgan fingerprint density at radius 3 is 2.28 bits per heavy atom. The van der Waals surface area contributed by atoms with Crippen molar-refractivity contribution in [3.05, 3.63) is 12.7 Å². The number of carbonyl (C=O) groups is 1. The number of carbonyl (C=O) groups excluding carboxylic acids is 1. The molecule has 0 saturated heterocycles. The van der Waals surface area contributed by atoms with E-state index < -0.39 is 23.3 Å². The van der Waals surface area contributed by atoms with E-state index in [1.165, 1.54) is 0 Å². The van der Waals surface area contributed by atoms with Crippen LogP contribution in [-0.4, -0.2) is 33.5 Å². The molecule has 2 atom stereocenters. The van der Waals surface area contributed by atoms with Crippen molar-refractivity contribution in [1.29, 1.82) is 0 Å². The molecule has 2 N–H and O–H groups in total. The molecular formula is C14H20O4. The number of rotatable bonds is 2. The van der Waals surface area contributed by atoms with Crippen molar-refractivity contribution < 1.29 is 19.7 Å². The molecule has 0 aromatic rings. The highest BCUT2D eigenvalue weighted by atomic mass is 16.6. The zero-order valence-electron chi connectivity index (χ0n) is 10.7. The first-order chi connectivity index (χ1) is 8.29. The SMILES string of the molecule is C=CC(=O)OC1C2(O)CC3CC(C)(C2)CC1(O)C3. The van der Waals surface area contributed by atoms with Crippen LogP contribution in [0.4, 0.5) is 0 Å². The van der Waals surface area contributed by atoms with Crippen LogP contribution >= 0.6 is 0 Å². The molecule has 4 fully saturated rings. The van der Waals surface area contributed by atoms with Crippen molar-refractivity contribution in [3.63, 3.8) is 0 Å². The zero-order valence-corrected chi connectivity index (χ0v) is 10.7. The summed E-state index contributed by atoms with van der Waals surface area (Å²) in [5, 5.41) is 21.5. The summed E-state index contributed by atoms with van der Waals surface area (Å²) in [5.41, 5.74) is -2.16. The quantitative estimate of drug-likeness (QED) is 0.571. The van der Waals surface area contributed by atoms with Crippen LogP contribution in [0.25, 0.3) is 0 Å². The van der Waals surface area contributed by atoms with Gasteiger partial charge >= 0.3 is 5.97 Å². The zero-order chi connectivity index (χ0) is 13.2. The fourth-order valence-electron chi connectivity index (χ4n) is 5.03. The molecule has 0 amide bonds. The van der Waals surface area contributed by atoms with Gasteiger partial charge in [-0.2, -0.15) is 0 Å². The maximum Gasteiger partial charge on any atom is 0.330 e. The van der Waals surface area contributed by atoms with Crippen molar-refractivity contribution in [2.75, 3.05) is 0 Å². The van der Waals surface area contributed by atoms with E-state index in [1.54, 1.807) is 0 Å². The Labute approximate surface area is 107 Å². The first kappa shape index (κ1) is 12.2. The van der Waals surface area contributed by atoms with Gasteiger partial charge in [-0.25, -0.2) is 4.79 Å². The van der Waals surface area contributed by atoms with E-state index in [4.69, 9.17) is 4.74 Å². The van der Waals surface area contributed by atoms with Gasteiger partial charge in [-0.15, -0.1) is 0 Å². The Morgan fingerprint density at radius 1 is 1.28 bits per heavy atom. The lowest BCUT2D eigenvalue weighted by Crippen LogP contribution is -2.72. The number of ether oxygens (including phenoxy) is 1. The predicted octanol–water partition coefficient (Wildman–Crippen LogP) is 1.16. The summed E-state index contributed by atoms with van der Waals surface area (Å²) in [6.07, 6.45) is 3.79. The van der Waals surface area contributed by atoms with E-state index in [0.717, 1.165) is 12.5 Å². The molecule has 4 rings (SSSR count). The minimum atomic E-state index is -1.07. The molecule has 0 aromatic heterocycles. The molecule has 0 spiro atoms. The molecule has 100 valence electrons. The first-order valence-corrected chi connectivity index (χ1v) is 6.57. The standard InChI is InChI=1S/C14H20O4/c1-3-10(15)18-11-13(16)5-9-4-12(2,7-13)8-14(11,17)6-9/h3,9,11,16-17H,1,4-8H2,2H3. The third-order valence-corrected chi connectivity index (χ3v) is 4.91. The van der Waals surface area contributed by atoms with Crippen LogP contribution < -0.4 is 0 Å². The van der Waals surface area contributed by atoms with E-state index in [1.807, 2.05) is 0 Å². The minimum Gasteiger partial charge on any atom is -0.453 e. The number of hydrogen-bond acceptors (Lipinski definition) is 4. The van der Waals surface area contributed by atoms with Crippen LogP contribution in [0, 0.1) is 11.3 Å². The third-order valence-electron chi connectivity index (χ3n) is 4.91. The third kappa shape index (κ3) is 1.55. The average molecular weight is 252 g/mol. The van der Waals surface area contributed by atoms with E-state index in [-0.39, 0.29) is 5.41 Å². The van der Waals surface area contributed by atoms with Crippen LogP contribution in [0.3, 0.4) is 0 Å². The molecule has 0 aromatic carbocycles. The molecule has 4 nitrogen and oxygen atoms in total. The fourth-order valence-corrected chi connectivity index (χ4v) is 5.03. The van der Waals surface area contributed by atoms with Gasteiger partial charge in [0.1, 0.15) is 11.2 Å². The molecule has 4 bridgehead atoms. The molecule has 0 radical (unpaired) electrons. The van der Waals surface area contributed by atoms with Gasteiger partial charge in [0, 0.05) is 6.08 Å². The summed E-state index contributed by atoms with van der Waals surface area (Å²) < 4.78 is 5.27. The topological polar surface area (TPSA) is 66.8 Å². The Morgan fingerprint density at radius 2 is 1.83 bits per heavy atom. The lowest BCUT2D eigenvalue weighted by molar-refractivity contribution is -0.293.